The Morgan fingerprint density at radius 1 is 0.500 bits per heavy atom. The van der Waals surface area contributed by atoms with Gasteiger partial charge in [-0.15, -0.1) is 11.3 Å². The van der Waals surface area contributed by atoms with Crippen molar-refractivity contribution in [2.75, 3.05) is 0 Å². The van der Waals surface area contributed by atoms with Gasteiger partial charge in [-0.25, -0.2) is 4.98 Å². The van der Waals surface area contributed by atoms with Gasteiger partial charge in [0.05, 0.1) is 26.9 Å². The SMILES string of the molecule is Cc1cc(C)cc(-c2ccc3c(c2)c2cc(-c4cc(C)cc(C)c4)ccc2n3-c2ccccc2-c2nc3cc(C)c(C)cc3s2)c1. The van der Waals surface area contributed by atoms with Crippen LogP contribution in [0.1, 0.15) is 33.4 Å². The molecule has 0 spiro atoms. The van der Waals surface area contributed by atoms with Crippen LogP contribution in [-0.2, 0) is 0 Å². The fourth-order valence-electron chi connectivity index (χ4n) is 7.07. The van der Waals surface area contributed by atoms with Gasteiger partial charge in [-0.2, -0.15) is 0 Å². The van der Waals surface area contributed by atoms with Gasteiger partial charge in [-0.05, 0) is 123 Å². The molecule has 0 saturated carbocycles. The van der Waals surface area contributed by atoms with Crippen molar-refractivity contribution in [1.82, 2.24) is 9.55 Å². The lowest BCUT2D eigenvalue weighted by Gasteiger charge is -2.13. The molecule has 2 heterocycles. The number of nitrogens with zero attached hydrogens (tertiary/aromatic N) is 2. The maximum Gasteiger partial charge on any atom is 0.126 e. The van der Waals surface area contributed by atoms with E-state index in [1.165, 1.54) is 82.1 Å². The first-order chi connectivity index (χ1) is 22.2. The Balaban J connectivity index is 1.41. The van der Waals surface area contributed by atoms with Crippen LogP contribution in [0.3, 0.4) is 0 Å². The van der Waals surface area contributed by atoms with E-state index in [-0.39, 0.29) is 0 Å². The second-order valence-corrected chi connectivity index (χ2v) is 14.0. The van der Waals surface area contributed by atoms with Crippen molar-refractivity contribution in [3.05, 3.63) is 143 Å². The minimum atomic E-state index is 1.05. The van der Waals surface area contributed by atoms with E-state index in [0.717, 1.165) is 21.8 Å². The van der Waals surface area contributed by atoms with Crippen LogP contribution in [0.15, 0.2) is 109 Å². The molecular weight excluding hydrogens is 577 g/mol. The van der Waals surface area contributed by atoms with E-state index in [0.29, 0.717) is 0 Å². The highest BCUT2D eigenvalue weighted by atomic mass is 32.1. The fourth-order valence-corrected chi connectivity index (χ4v) is 8.15. The molecule has 0 bridgehead atoms. The van der Waals surface area contributed by atoms with E-state index in [1.54, 1.807) is 11.3 Å². The minimum Gasteiger partial charge on any atom is -0.309 e. The zero-order valence-corrected chi connectivity index (χ0v) is 28.0. The van der Waals surface area contributed by atoms with Crippen molar-refractivity contribution in [3.63, 3.8) is 0 Å². The summed E-state index contributed by atoms with van der Waals surface area (Å²) in [6.45, 7) is 13.1. The first kappa shape index (κ1) is 28.5. The van der Waals surface area contributed by atoms with Crippen molar-refractivity contribution in [2.24, 2.45) is 0 Å². The Labute approximate surface area is 274 Å². The van der Waals surface area contributed by atoms with Gasteiger partial charge < -0.3 is 4.57 Å². The molecule has 0 N–H and O–H groups in total. The minimum absolute atomic E-state index is 1.05. The van der Waals surface area contributed by atoms with E-state index in [2.05, 4.69) is 155 Å². The Bertz CT molecular complexity index is 2300. The number of aromatic nitrogens is 2. The molecule has 0 aliphatic heterocycles. The lowest BCUT2D eigenvalue weighted by Crippen LogP contribution is -1.97. The topological polar surface area (TPSA) is 17.8 Å². The van der Waals surface area contributed by atoms with E-state index >= 15 is 0 Å². The molecule has 0 aliphatic carbocycles. The van der Waals surface area contributed by atoms with Gasteiger partial charge >= 0.3 is 0 Å². The summed E-state index contributed by atoms with van der Waals surface area (Å²) < 4.78 is 3.67. The van der Waals surface area contributed by atoms with E-state index in [4.69, 9.17) is 4.98 Å². The molecule has 8 aromatic rings. The van der Waals surface area contributed by atoms with Gasteiger partial charge in [-0.1, -0.05) is 82.9 Å². The number of hydrogen-bond donors (Lipinski definition) is 0. The van der Waals surface area contributed by atoms with Crippen molar-refractivity contribution in [3.8, 4) is 38.5 Å². The molecule has 0 fully saturated rings. The molecule has 46 heavy (non-hydrogen) atoms. The highest BCUT2D eigenvalue weighted by molar-refractivity contribution is 7.21. The van der Waals surface area contributed by atoms with Crippen molar-refractivity contribution in [2.45, 2.75) is 41.5 Å². The summed E-state index contributed by atoms with van der Waals surface area (Å²) in [7, 11) is 0. The van der Waals surface area contributed by atoms with Gasteiger partial charge in [0.25, 0.3) is 0 Å². The number of para-hydroxylation sites is 1. The van der Waals surface area contributed by atoms with Crippen LogP contribution in [0.4, 0.5) is 0 Å². The zero-order valence-electron chi connectivity index (χ0n) is 27.2. The van der Waals surface area contributed by atoms with E-state index < -0.39 is 0 Å². The van der Waals surface area contributed by atoms with E-state index in [1.807, 2.05) is 0 Å². The molecule has 0 atom stereocenters. The summed E-state index contributed by atoms with van der Waals surface area (Å²) in [5.41, 5.74) is 18.4. The lowest BCUT2D eigenvalue weighted by molar-refractivity contribution is 1.18. The summed E-state index contributed by atoms with van der Waals surface area (Å²) in [4.78, 5) is 5.16. The second-order valence-electron chi connectivity index (χ2n) is 13.0. The summed E-state index contributed by atoms with van der Waals surface area (Å²) >= 11 is 1.78. The molecule has 0 amide bonds. The lowest BCUT2D eigenvalue weighted by atomic mass is 9.97. The van der Waals surface area contributed by atoms with Gasteiger partial charge in [0.15, 0.2) is 0 Å². The number of hydrogen-bond acceptors (Lipinski definition) is 2. The number of aryl methyl sites for hydroxylation is 6. The summed E-state index contributed by atoms with van der Waals surface area (Å²) in [6.07, 6.45) is 0. The molecule has 8 rings (SSSR count). The first-order valence-corrected chi connectivity index (χ1v) is 16.8. The maximum atomic E-state index is 5.16. The third kappa shape index (κ3) is 4.83. The number of rotatable bonds is 4. The molecule has 0 aliphatic rings. The third-order valence-electron chi connectivity index (χ3n) is 9.25. The fraction of sp³-hybridized carbons (Fsp3) is 0.140. The number of benzene rings is 6. The maximum absolute atomic E-state index is 5.16. The Morgan fingerprint density at radius 2 is 1.02 bits per heavy atom. The Kier molecular flexibility index (Phi) is 6.70. The zero-order chi connectivity index (χ0) is 31.7. The highest BCUT2D eigenvalue weighted by Crippen LogP contribution is 2.41. The van der Waals surface area contributed by atoms with Gasteiger partial charge in [0, 0.05) is 16.3 Å². The quantitative estimate of drug-likeness (QED) is 0.193. The molecular formula is C43H36N2S. The van der Waals surface area contributed by atoms with Crippen LogP contribution in [0.25, 0.3) is 70.5 Å². The first-order valence-electron chi connectivity index (χ1n) is 15.9. The summed E-state index contributed by atoms with van der Waals surface area (Å²) in [6, 6.07) is 40.8. The molecule has 6 aromatic carbocycles. The predicted octanol–water partition coefficient (Wildman–Crippen LogP) is 12.2. The van der Waals surface area contributed by atoms with Crippen LogP contribution in [0.5, 0.6) is 0 Å². The molecule has 0 saturated heterocycles. The normalized spacial score (nSPS) is 11.7. The van der Waals surface area contributed by atoms with Crippen LogP contribution < -0.4 is 0 Å². The molecule has 224 valence electrons. The van der Waals surface area contributed by atoms with Crippen molar-refractivity contribution >= 4 is 43.4 Å². The largest absolute Gasteiger partial charge is 0.309 e. The average Bonchev–Trinajstić information content (AvgIpc) is 3.58. The number of fused-ring (bicyclic) bond motifs is 4. The predicted molar refractivity (Wildman–Crippen MR) is 199 cm³/mol. The van der Waals surface area contributed by atoms with Crippen LogP contribution in [0, 0.1) is 41.5 Å². The standard InChI is InChI=1S/C43H36N2S/c1-25-15-26(2)18-33(17-25)31-11-13-40-36(23-31)37-24-32(34-19-27(3)16-28(4)20-34)12-14-41(37)45(40)39-10-8-7-9-35(39)43-44-38-21-29(5)30(6)22-42(38)46-43/h7-24H,1-6H3. The van der Waals surface area contributed by atoms with Crippen molar-refractivity contribution in [1.29, 1.82) is 0 Å². The Hall–Kier alpha value is -4.99. The van der Waals surface area contributed by atoms with Crippen molar-refractivity contribution < 1.29 is 0 Å². The van der Waals surface area contributed by atoms with Gasteiger partial charge in [0.2, 0.25) is 0 Å². The highest BCUT2D eigenvalue weighted by Gasteiger charge is 2.19. The third-order valence-corrected chi connectivity index (χ3v) is 10.3. The molecule has 3 heteroatoms. The van der Waals surface area contributed by atoms with Crippen LogP contribution in [0.2, 0.25) is 0 Å². The molecule has 2 aromatic heterocycles. The molecule has 0 unspecified atom stereocenters. The monoisotopic (exact) mass is 612 g/mol. The van der Waals surface area contributed by atoms with Crippen LogP contribution in [-0.4, -0.2) is 9.55 Å². The molecule has 2 nitrogen and oxygen atoms in total. The van der Waals surface area contributed by atoms with Crippen LogP contribution >= 0.6 is 11.3 Å². The van der Waals surface area contributed by atoms with Gasteiger partial charge in [-0.3, -0.25) is 0 Å². The van der Waals surface area contributed by atoms with E-state index in [9.17, 15) is 0 Å². The smallest absolute Gasteiger partial charge is 0.126 e. The summed E-state index contributed by atoms with van der Waals surface area (Å²) in [5.74, 6) is 0. The van der Waals surface area contributed by atoms with Gasteiger partial charge in [0.1, 0.15) is 5.01 Å². The number of thiazole rings is 1. The second kappa shape index (κ2) is 10.8. The average molecular weight is 613 g/mol. The summed E-state index contributed by atoms with van der Waals surface area (Å²) in [5, 5.41) is 3.55. The molecule has 0 radical (unpaired) electrons. The Morgan fingerprint density at radius 3 is 1.59 bits per heavy atom.